The van der Waals surface area contributed by atoms with Gasteiger partial charge in [0.1, 0.15) is 0 Å². The van der Waals surface area contributed by atoms with E-state index in [0.29, 0.717) is 0 Å². The summed E-state index contributed by atoms with van der Waals surface area (Å²) in [4.78, 5) is 2.27. The van der Waals surface area contributed by atoms with Gasteiger partial charge < -0.3 is 10.0 Å². The minimum Gasteiger partial charge on any atom is -0.386 e. The van der Waals surface area contributed by atoms with Gasteiger partial charge in [0.2, 0.25) is 0 Å². The molecule has 0 heterocycles. The van der Waals surface area contributed by atoms with Crippen molar-refractivity contribution in [1.29, 1.82) is 0 Å². The topological polar surface area (TPSA) is 23.5 Å². The summed E-state index contributed by atoms with van der Waals surface area (Å²) >= 11 is 0. The fourth-order valence-electron chi connectivity index (χ4n) is 3.67. The van der Waals surface area contributed by atoms with Crippen LogP contribution in [0.1, 0.15) is 61.3 Å². The van der Waals surface area contributed by atoms with Crippen molar-refractivity contribution in [1.82, 2.24) is 4.90 Å². The van der Waals surface area contributed by atoms with Crippen LogP contribution in [-0.2, 0) is 0 Å². The van der Waals surface area contributed by atoms with E-state index in [1.165, 1.54) is 36.8 Å². The summed E-state index contributed by atoms with van der Waals surface area (Å²) in [5, 5.41) is 11.2. The van der Waals surface area contributed by atoms with E-state index in [2.05, 4.69) is 51.0 Å². The molecule has 0 aliphatic heterocycles. The third kappa shape index (κ3) is 2.77. The Morgan fingerprint density at radius 2 is 1.65 bits per heavy atom. The number of aryl methyl sites for hydroxylation is 1. The van der Waals surface area contributed by atoms with Crippen LogP contribution in [0.25, 0.3) is 0 Å². The third-order valence-corrected chi connectivity index (χ3v) is 5.31. The maximum absolute atomic E-state index is 11.2. The van der Waals surface area contributed by atoms with Crippen LogP contribution in [0.5, 0.6) is 0 Å². The molecule has 1 fully saturated rings. The van der Waals surface area contributed by atoms with Crippen molar-refractivity contribution in [2.45, 2.75) is 64.0 Å². The Hall–Kier alpha value is -0.860. The van der Waals surface area contributed by atoms with Gasteiger partial charge in [0.05, 0.1) is 11.6 Å². The molecule has 1 atom stereocenters. The van der Waals surface area contributed by atoms with Crippen LogP contribution in [-0.4, -0.2) is 29.6 Å². The number of nitrogens with zero attached hydrogens (tertiary/aromatic N) is 1. The Bertz CT molecular complexity index is 445. The Morgan fingerprint density at radius 3 is 2.20 bits per heavy atom. The molecule has 2 rings (SSSR count). The van der Waals surface area contributed by atoms with E-state index in [4.69, 9.17) is 0 Å². The van der Waals surface area contributed by atoms with E-state index < -0.39 is 6.10 Å². The summed E-state index contributed by atoms with van der Waals surface area (Å²) < 4.78 is 0. The minimum atomic E-state index is -0.393. The van der Waals surface area contributed by atoms with Gasteiger partial charge in [0.25, 0.3) is 0 Å². The smallest absolute Gasteiger partial charge is 0.0976 e. The van der Waals surface area contributed by atoms with Gasteiger partial charge in [-0.05, 0) is 57.5 Å². The fraction of sp³-hybridized carbons (Fsp3) is 0.667. The zero-order chi connectivity index (χ0) is 14.8. The molecule has 2 heteroatoms. The number of aliphatic hydroxyl groups is 1. The number of rotatable bonds is 3. The maximum Gasteiger partial charge on any atom is 0.0976 e. The Morgan fingerprint density at radius 1 is 1.05 bits per heavy atom. The van der Waals surface area contributed by atoms with Crippen molar-refractivity contribution >= 4 is 0 Å². The Labute approximate surface area is 123 Å². The number of likely N-dealkylation sites (N-methyl/N-ethyl adjacent to an activating group) is 1. The second-order valence-corrected chi connectivity index (χ2v) is 6.60. The Kier molecular flexibility index (Phi) is 4.87. The lowest BCUT2D eigenvalue weighted by Gasteiger charge is -2.44. The average molecular weight is 275 g/mol. The van der Waals surface area contributed by atoms with Gasteiger partial charge in [-0.25, -0.2) is 0 Å². The first-order valence-electron chi connectivity index (χ1n) is 7.90. The zero-order valence-electron chi connectivity index (χ0n) is 13.4. The van der Waals surface area contributed by atoms with Gasteiger partial charge in [-0.1, -0.05) is 43.9 Å². The van der Waals surface area contributed by atoms with E-state index in [0.717, 1.165) is 18.4 Å². The summed E-state index contributed by atoms with van der Waals surface area (Å²) in [6.07, 6.45) is 6.84. The summed E-state index contributed by atoms with van der Waals surface area (Å²) in [6.45, 7) is 4.26. The van der Waals surface area contributed by atoms with Crippen LogP contribution in [0.15, 0.2) is 18.2 Å². The molecule has 0 saturated heterocycles. The molecule has 2 nitrogen and oxygen atoms in total. The highest BCUT2D eigenvalue weighted by Gasteiger charge is 2.41. The lowest BCUT2D eigenvalue weighted by Crippen LogP contribution is -2.49. The quantitative estimate of drug-likeness (QED) is 0.843. The molecule has 1 aliphatic carbocycles. The predicted molar refractivity (Wildman–Crippen MR) is 85.0 cm³/mol. The lowest BCUT2D eigenvalue weighted by atomic mass is 9.78. The molecule has 112 valence electrons. The normalized spacial score (nSPS) is 20.7. The van der Waals surface area contributed by atoms with Gasteiger partial charge in [-0.15, -0.1) is 0 Å². The van der Waals surface area contributed by atoms with Crippen molar-refractivity contribution in [3.05, 3.63) is 34.9 Å². The molecule has 1 saturated carbocycles. The highest BCUT2D eigenvalue weighted by molar-refractivity contribution is 5.36. The molecule has 0 spiro atoms. The second kappa shape index (κ2) is 6.28. The van der Waals surface area contributed by atoms with Crippen LogP contribution in [0, 0.1) is 13.8 Å². The third-order valence-electron chi connectivity index (χ3n) is 5.31. The van der Waals surface area contributed by atoms with Crippen molar-refractivity contribution in [2.24, 2.45) is 0 Å². The molecule has 0 bridgehead atoms. The standard InChI is InChI=1S/C18H29NO/c1-14-10-9-11-16(15(14)2)17(20)18(19(3)4)12-7-5-6-8-13-18/h9-11,17,20H,5-8,12-13H2,1-4H3. The molecule has 1 aromatic rings. The highest BCUT2D eigenvalue weighted by Crippen LogP contribution is 2.42. The van der Waals surface area contributed by atoms with E-state index >= 15 is 0 Å². The molecule has 1 unspecified atom stereocenters. The van der Waals surface area contributed by atoms with Crippen LogP contribution in [0.4, 0.5) is 0 Å². The number of benzene rings is 1. The van der Waals surface area contributed by atoms with Crippen LogP contribution < -0.4 is 0 Å². The van der Waals surface area contributed by atoms with Gasteiger partial charge in [0.15, 0.2) is 0 Å². The maximum atomic E-state index is 11.2. The largest absolute Gasteiger partial charge is 0.386 e. The van der Waals surface area contributed by atoms with Crippen molar-refractivity contribution in [2.75, 3.05) is 14.1 Å². The average Bonchev–Trinajstić information content (AvgIpc) is 2.68. The van der Waals surface area contributed by atoms with Crippen molar-refractivity contribution in [3.8, 4) is 0 Å². The lowest BCUT2D eigenvalue weighted by molar-refractivity contribution is -0.0202. The SMILES string of the molecule is Cc1cccc(C(O)C2(N(C)C)CCCCCC2)c1C. The van der Waals surface area contributed by atoms with E-state index in [-0.39, 0.29) is 5.54 Å². The highest BCUT2D eigenvalue weighted by atomic mass is 16.3. The molecular formula is C18H29NO. The minimum absolute atomic E-state index is 0.102. The second-order valence-electron chi connectivity index (χ2n) is 6.60. The summed E-state index contributed by atoms with van der Waals surface area (Å²) in [6, 6.07) is 6.30. The van der Waals surface area contributed by atoms with Gasteiger partial charge in [0, 0.05) is 0 Å². The number of hydrogen-bond donors (Lipinski definition) is 1. The molecule has 0 radical (unpaired) electrons. The fourth-order valence-corrected chi connectivity index (χ4v) is 3.67. The molecule has 1 aliphatic rings. The van der Waals surface area contributed by atoms with E-state index in [1.54, 1.807) is 0 Å². The monoisotopic (exact) mass is 275 g/mol. The molecule has 1 N–H and O–H groups in total. The molecular weight excluding hydrogens is 246 g/mol. The molecule has 20 heavy (non-hydrogen) atoms. The van der Waals surface area contributed by atoms with Crippen LogP contribution in [0.2, 0.25) is 0 Å². The van der Waals surface area contributed by atoms with Gasteiger partial charge in [-0.3, -0.25) is 0 Å². The Balaban J connectivity index is 2.40. The van der Waals surface area contributed by atoms with Crippen LogP contribution in [0.3, 0.4) is 0 Å². The number of hydrogen-bond acceptors (Lipinski definition) is 2. The first-order valence-corrected chi connectivity index (χ1v) is 7.90. The summed E-state index contributed by atoms with van der Waals surface area (Å²) in [5.74, 6) is 0. The van der Waals surface area contributed by atoms with E-state index in [1.807, 2.05) is 0 Å². The molecule has 0 amide bonds. The number of aliphatic hydroxyl groups excluding tert-OH is 1. The summed E-state index contributed by atoms with van der Waals surface area (Å²) in [7, 11) is 4.25. The predicted octanol–water partition coefficient (Wildman–Crippen LogP) is 3.99. The van der Waals surface area contributed by atoms with Gasteiger partial charge in [-0.2, -0.15) is 0 Å². The van der Waals surface area contributed by atoms with Crippen molar-refractivity contribution in [3.63, 3.8) is 0 Å². The zero-order valence-corrected chi connectivity index (χ0v) is 13.4. The van der Waals surface area contributed by atoms with Crippen LogP contribution >= 0.6 is 0 Å². The molecule has 0 aromatic heterocycles. The first-order chi connectivity index (χ1) is 9.49. The van der Waals surface area contributed by atoms with Crippen molar-refractivity contribution < 1.29 is 5.11 Å². The van der Waals surface area contributed by atoms with Gasteiger partial charge >= 0.3 is 0 Å². The first kappa shape index (κ1) is 15.5. The molecule has 1 aromatic carbocycles. The summed E-state index contributed by atoms with van der Waals surface area (Å²) in [5.41, 5.74) is 3.52. The van der Waals surface area contributed by atoms with E-state index in [9.17, 15) is 5.11 Å².